The van der Waals surface area contributed by atoms with Crippen LogP contribution in [0.25, 0.3) is 6.08 Å². The minimum Gasteiger partial charge on any atom is -0.539 e. The van der Waals surface area contributed by atoms with Gasteiger partial charge in [-0.15, -0.1) is 0 Å². The Morgan fingerprint density at radius 1 is 1.05 bits per heavy atom. The van der Waals surface area contributed by atoms with Crippen LogP contribution in [-0.2, 0) is 0 Å². The van der Waals surface area contributed by atoms with Crippen LogP contribution in [0.3, 0.4) is 0 Å². The maximum atomic E-state index is 6.36. The minimum atomic E-state index is -1.95. The molecule has 0 amide bonds. The highest BCUT2D eigenvalue weighted by atomic mass is 28.4. The van der Waals surface area contributed by atoms with Gasteiger partial charge in [-0.05, 0) is 35.8 Å². The fourth-order valence-electron chi connectivity index (χ4n) is 1.53. The molecule has 0 radical (unpaired) electrons. The van der Waals surface area contributed by atoms with Crippen molar-refractivity contribution in [1.29, 1.82) is 0 Å². The van der Waals surface area contributed by atoms with Gasteiger partial charge in [0.1, 0.15) is 0 Å². The van der Waals surface area contributed by atoms with Crippen molar-refractivity contribution in [1.82, 2.24) is 0 Å². The Labute approximate surface area is 123 Å². The molecule has 0 atom stereocenters. The lowest BCUT2D eigenvalue weighted by atomic mass is 10.2. The molecule has 0 saturated carbocycles. The van der Waals surface area contributed by atoms with Gasteiger partial charge in [0.25, 0.3) is 8.32 Å². The summed E-state index contributed by atoms with van der Waals surface area (Å²) in [6.07, 6.45) is 1.77. The molecule has 1 aromatic carbocycles. The van der Waals surface area contributed by atoms with E-state index in [1.807, 2.05) is 12.1 Å². The predicted octanol–water partition coefficient (Wildman–Crippen LogP) is 4.73. The third-order valence-electron chi connectivity index (χ3n) is 3.88. The molecular formula is C16H26O3Si. The molecule has 4 heteroatoms. The molecule has 0 aromatic heterocycles. The Hall–Kier alpha value is -1.42. The number of ether oxygens (including phenoxy) is 2. The van der Waals surface area contributed by atoms with E-state index in [1.54, 1.807) is 20.3 Å². The summed E-state index contributed by atoms with van der Waals surface area (Å²) in [6.45, 7) is 14.8. The van der Waals surface area contributed by atoms with Crippen molar-refractivity contribution in [3.63, 3.8) is 0 Å². The second-order valence-corrected chi connectivity index (χ2v) is 11.0. The zero-order valence-corrected chi connectivity index (χ0v) is 14.7. The van der Waals surface area contributed by atoms with Crippen LogP contribution in [0, 0.1) is 0 Å². The lowest BCUT2D eigenvalue weighted by Crippen LogP contribution is -2.44. The fraction of sp³-hybridized carbons (Fsp3) is 0.500. The minimum absolute atomic E-state index is 0.111. The van der Waals surface area contributed by atoms with E-state index in [2.05, 4.69) is 40.4 Å². The van der Waals surface area contributed by atoms with E-state index >= 15 is 0 Å². The highest BCUT2D eigenvalue weighted by Crippen LogP contribution is 2.44. The van der Waals surface area contributed by atoms with Crippen molar-refractivity contribution in [2.75, 3.05) is 14.2 Å². The number of methoxy groups -OCH3 is 2. The molecule has 1 rings (SSSR count). The Bertz CT molecular complexity index is 462. The summed E-state index contributed by atoms with van der Waals surface area (Å²) in [4.78, 5) is 0. The van der Waals surface area contributed by atoms with Crippen molar-refractivity contribution < 1.29 is 13.9 Å². The number of hydrogen-bond donors (Lipinski definition) is 0. The molecule has 20 heavy (non-hydrogen) atoms. The lowest BCUT2D eigenvalue weighted by Gasteiger charge is -2.37. The van der Waals surface area contributed by atoms with Crippen LogP contribution in [-0.4, -0.2) is 22.5 Å². The van der Waals surface area contributed by atoms with Gasteiger partial charge in [0, 0.05) is 0 Å². The molecule has 0 aliphatic rings. The molecule has 0 fully saturated rings. The molecule has 0 aliphatic heterocycles. The van der Waals surface area contributed by atoms with E-state index in [1.165, 1.54) is 0 Å². The van der Waals surface area contributed by atoms with E-state index in [0.29, 0.717) is 17.2 Å². The summed E-state index contributed by atoms with van der Waals surface area (Å²) in [5.74, 6) is 2.06. The second kappa shape index (κ2) is 5.91. The van der Waals surface area contributed by atoms with Gasteiger partial charge in [-0.3, -0.25) is 0 Å². The first-order chi connectivity index (χ1) is 9.16. The van der Waals surface area contributed by atoms with E-state index in [9.17, 15) is 0 Å². The van der Waals surface area contributed by atoms with Gasteiger partial charge < -0.3 is 13.9 Å². The third-order valence-corrected chi connectivity index (χ3v) is 8.21. The van der Waals surface area contributed by atoms with Crippen LogP contribution in [0.4, 0.5) is 0 Å². The van der Waals surface area contributed by atoms with Gasteiger partial charge in [0.15, 0.2) is 17.2 Å². The van der Waals surface area contributed by atoms with Crippen LogP contribution >= 0.6 is 0 Å². The summed E-state index contributed by atoms with van der Waals surface area (Å²) >= 11 is 0. The zero-order valence-electron chi connectivity index (χ0n) is 13.7. The van der Waals surface area contributed by atoms with Crippen LogP contribution < -0.4 is 13.9 Å². The zero-order chi connectivity index (χ0) is 15.6. The Morgan fingerprint density at radius 2 is 1.50 bits per heavy atom. The van der Waals surface area contributed by atoms with Crippen LogP contribution in [0.5, 0.6) is 17.2 Å². The standard InChI is InChI=1S/C16H26O3Si/c1-9-12-10-13(17-5)15(14(11-12)18-6)19-20(7,8)16(2,3)4/h9-11H,1H2,2-8H3. The molecule has 3 nitrogen and oxygen atoms in total. The van der Waals surface area contributed by atoms with Crippen LogP contribution in [0.15, 0.2) is 18.7 Å². The molecule has 112 valence electrons. The predicted molar refractivity (Wildman–Crippen MR) is 87.5 cm³/mol. The molecule has 0 heterocycles. The quantitative estimate of drug-likeness (QED) is 0.735. The van der Waals surface area contributed by atoms with Gasteiger partial charge in [-0.2, -0.15) is 0 Å². The molecule has 0 bridgehead atoms. The molecule has 0 saturated heterocycles. The smallest absolute Gasteiger partial charge is 0.250 e. The number of rotatable bonds is 5. The maximum Gasteiger partial charge on any atom is 0.250 e. The van der Waals surface area contributed by atoms with Gasteiger partial charge in [0.05, 0.1) is 14.2 Å². The Morgan fingerprint density at radius 3 is 1.80 bits per heavy atom. The van der Waals surface area contributed by atoms with Crippen molar-refractivity contribution in [3.05, 3.63) is 24.3 Å². The van der Waals surface area contributed by atoms with Gasteiger partial charge in [-0.1, -0.05) is 33.4 Å². The highest BCUT2D eigenvalue weighted by Gasteiger charge is 2.40. The summed E-state index contributed by atoms with van der Waals surface area (Å²) in [5.41, 5.74) is 0.946. The SMILES string of the molecule is C=Cc1cc(OC)c(O[Si](C)(C)C(C)(C)C)c(OC)c1. The second-order valence-electron chi connectivity index (χ2n) is 6.32. The summed E-state index contributed by atoms with van der Waals surface area (Å²) in [5, 5.41) is 0.111. The molecule has 1 aromatic rings. The largest absolute Gasteiger partial charge is 0.539 e. The molecular weight excluding hydrogens is 268 g/mol. The summed E-state index contributed by atoms with van der Waals surface area (Å²) in [7, 11) is 1.32. The molecule has 0 N–H and O–H groups in total. The first kappa shape index (κ1) is 16.6. The summed E-state index contributed by atoms with van der Waals surface area (Å²) in [6, 6.07) is 3.83. The van der Waals surface area contributed by atoms with Crippen molar-refractivity contribution >= 4 is 14.4 Å². The first-order valence-electron chi connectivity index (χ1n) is 6.73. The van der Waals surface area contributed by atoms with E-state index in [4.69, 9.17) is 13.9 Å². The highest BCUT2D eigenvalue weighted by molar-refractivity contribution is 6.74. The monoisotopic (exact) mass is 294 g/mol. The van der Waals surface area contributed by atoms with Crippen molar-refractivity contribution in [3.8, 4) is 17.2 Å². The van der Waals surface area contributed by atoms with Crippen LogP contribution in [0.2, 0.25) is 18.1 Å². The van der Waals surface area contributed by atoms with Gasteiger partial charge in [0.2, 0.25) is 0 Å². The Balaban J connectivity index is 3.33. The van der Waals surface area contributed by atoms with Crippen LogP contribution in [0.1, 0.15) is 26.3 Å². The summed E-state index contributed by atoms with van der Waals surface area (Å²) < 4.78 is 17.3. The third kappa shape index (κ3) is 3.36. The number of hydrogen-bond acceptors (Lipinski definition) is 3. The number of benzene rings is 1. The average Bonchev–Trinajstić information content (AvgIpc) is 2.37. The van der Waals surface area contributed by atoms with E-state index in [0.717, 1.165) is 5.56 Å². The fourth-order valence-corrected chi connectivity index (χ4v) is 2.54. The maximum absolute atomic E-state index is 6.36. The molecule has 0 unspecified atom stereocenters. The van der Waals surface area contributed by atoms with Gasteiger partial charge >= 0.3 is 0 Å². The molecule has 0 aliphatic carbocycles. The van der Waals surface area contributed by atoms with E-state index in [-0.39, 0.29) is 5.04 Å². The lowest BCUT2D eigenvalue weighted by molar-refractivity contribution is 0.354. The average molecular weight is 294 g/mol. The van der Waals surface area contributed by atoms with Crippen molar-refractivity contribution in [2.45, 2.75) is 38.9 Å². The topological polar surface area (TPSA) is 27.7 Å². The normalized spacial score (nSPS) is 11.9. The Kier molecular flexibility index (Phi) is 4.92. The van der Waals surface area contributed by atoms with Crippen molar-refractivity contribution in [2.24, 2.45) is 0 Å². The van der Waals surface area contributed by atoms with Gasteiger partial charge in [-0.25, -0.2) is 0 Å². The van der Waals surface area contributed by atoms with E-state index < -0.39 is 8.32 Å². The molecule has 0 spiro atoms. The first-order valence-corrected chi connectivity index (χ1v) is 9.64.